The molecule has 1 saturated heterocycles. The van der Waals surface area contributed by atoms with Crippen LogP contribution in [0.4, 0.5) is 0 Å². The molecule has 1 fully saturated rings. The van der Waals surface area contributed by atoms with Crippen LogP contribution in [-0.2, 0) is 16.0 Å². The molecule has 0 N–H and O–H groups in total. The summed E-state index contributed by atoms with van der Waals surface area (Å²) in [5.74, 6) is 0.907. The molecule has 5 nitrogen and oxygen atoms in total. The summed E-state index contributed by atoms with van der Waals surface area (Å²) in [5.41, 5.74) is 1.04. The number of aryl methyl sites for hydroxylation is 1. The number of benzene rings is 1. The van der Waals surface area contributed by atoms with Crippen molar-refractivity contribution in [3.05, 3.63) is 29.8 Å². The molecule has 0 bridgehead atoms. The summed E-state index contributed by atoms with van der Waals surface area (Å²) in [5, 5.41) is 0. The summed E-state index contributed by atoms with van der Waals surface area (Å²) in [6.07, 6.45) is 2.69. The number of likely N-dealkylation sites (N-methyl/N-ethyl adjacent to an activating group) is 1. The van der Waals surface area contributed by atoms with E-state index in [1.807, 2.05) is 31.2 Å². The largest absolute Gasteiger partial charge is 0.494 e. The van der Waals surface area contributed by atoms with Crippen molar-refractivity contribution in [3.8, 4) is 5.75 Å². The van der Waals surface area contributed by atoms with Crippen LogP contribution in [-0.4, -0.2) is 54.9 Å². The van der Waals surface area contributed by atoms with Gasteiger partial charge in [-0.1, -0.05) is 18.2 Å². The molecule has 1 atom stereocenters. The number of hydrogen-bond acceptors (Lipinski definition) is 3. The molecule has 2 rings (SSSR count). The van der Waals surface area contributed by atoms with Crippen LogP contribution in [0.2, 0.25) is 0 Å². The second-order valence-electron chi connectivity index (χ2n) is 6.02. The summed E-state index contributed by atoms with van der Waals surface area (Å²) in [6.45, 7) is 3.23. The second kappa shape index (κ2) is 7.99. The Bertz CT molecular complexity index is 557. The number of nitrogens with zero attached hydrogens (tertiary/aromatic N) is 2. The molecule has 0 radical (unpaired) electrons. The van der Waals surface area contributed by atoms with E-state index in [0.717, 1.165) is 24.2 Å². The van der Waals surface area contributed by atoms with Crippen molar-refractivity contribution in [1.82, 2.24) is 9.80 Å². The van der Waals surface area contributed by atoms with E-state index in [1.165, 1.54) is 0 Å². The fraction of sp³-hybridized carbons (Fsp3) is 0.556. The lowest BCUT2D eigenvalue weighted by atomic mass is 10.1. The zero-order valence-corrected chi connectivity index (χ0v) is 14.2. The van der Waals surface area contributed by atoms with Gasteiger partial charge in [0.15, 0.2) is 0 Å². The topological polar surface area (TPSA) is 49.9 Å². The zero-order chi connectivity index (χ0) is 16.8. The minimum atomic E-state index is -0.292. The van der Waals surface area contributed by atoms with Crippen LogP contribution in [0.3, 0.4) is 0 Å². The Balaban J connectivity index is 1.98. The maximum atomic E-state index is 12.5. The summed E-state index contributed by atoms with van der Waals surface area (Å²) < 4.78 is 5.60. The lowest BCUT2D eigenvalue weighted by molar-refractivity contribution is -0.142. The smallest absolute Gasteiger partial charge is 0.244 e. The number of hydrogen-bond donors (Lipinski definition) is 0. The average molecular weight is 318 g/mol. The molecule has 23 heavy (non-hydrogen) atoms. The molecule has 1 aliphatic rings. The highest BCUT2D eigenvalue weighted by Gasteiger charge is 2.34. The first-order valence-corrected chi connectivity index (χ1v) is 8.26. The maximum absolute atomic E-state index is 12.5. The molecule has 1 unspecified atom stereocenters. The van der Waals surface area contributed by atoms with Crippen LogP contribution in [0.15, 0.2) is 24.3 Å². The van der Waals surface area contributed by atoms with Crippen molar-refractivity contribution in [2.24, 2.45) is 0 Å². The van der Waals surface area contributed by atoms with Crippen LogP contribution in [0.25, 0.3) is 0 Å². The SMILES string of the molecule is CCOc1ccccc1CCC(=O)N1CCCC1C(=O)N(C)C. The molecular weight excluding hydrogens is 292 g/mol. The van der Waals surface area contributed by atoms with Gasteiger partial charge in [0.2, 0.25) is 11.8 Å². The molecule has 0 saturated carbocycles. The van der Waals surface area contributed by atoms with E-state index in [9.17, 15) is 9.59 Å². The number of carbonyl (C=O) groups excluding carboxylic acids is 2. The number of para-hydroxylation sites is 1. The van der Waals surface area contributed by atoms with Crippen LogP contribution >= 0.6 is 0 Å². The third-order valence-corrected chi connectivity index (χ3v) is 4.18. The second-order valence-corrected chi connectivity index (χ2v) is 6.02. The Hall–Kier alpha value is -2.04. The van der Waals surface area contributed by atoms with E-state index < -0.39 is 0 Å². The highest BCUT2D eigenvalue weighted by molar-refractivity contribution is 5.88. The highest BCUT2D eigenvalue weighted by Crippen LogP contribution is 2.23. The lowest BCUT2D eigenvalue weighted by Crippen LogP contribution is -2.45. The normalized spacial score (nSPS) is 17.2. The first-order chi connectivity index (χ1) is 11.0. The molecule has 0 aliphatic carbocycles. The van der Waals surface area contributed by atoms with Gasteiger partial charge in [0.05, 0.1) is 6.61 Å². The van der Waals surface area contributed by atoms with Crippen molar-refractivity contribution in [2.45, 2.75) is 38.6 Å². The molecule has 1 aromatic carbocycles. The third-order valence-electron chi connectivity index (χ3n) is 4.18. The lowest BCUT2D eigenvalue weighted by Gasteiger charge is -2.26. The molecule has 0 aromatic heterocycles. The molecule has 0 spiro atoms. The minimum absolute atomic E-state index is 0.0190. The first kappa shape index (κ1) is 17.3. The predicted octanol–water partition coefficient (Wildman–Crippen LogP) is 2.10. The Labute approximate surface area is 138 Å². The van der Waals surface area contributed by atoms with Gasteiger partial charge in [-0.3, -0.25) is 9.59 Å². The molecule has 126 valence electrons. The van der Waals surface area contributed by atoms with Crippen molar-refractivity contribution in [1.29, 1.82) is 0 Å². The molecule has 1 heterocycles. The minimum Gasteiger partial charge on any atom is -0.494 e. The number of carbonyl (C=O) groups is 2. The van der Waals surface area contributed by atoms with Crippen LogP contribution in [0.5, 0.6) is 5.75 Å². The van der Waals surface area contributed by atoms with E-state index in [0.29, 0.717) is 26.0 Å². The standard InChI is InChI=1S/C18H26N2O3/c1-4-23-16-10-6-5-8-14(16)11-12-17(21)20-13-7-9-15(20)18(22)19(2)3/h5-6,8,10,15H,4,7,9,11-13H2,1-3H3. The summed E-state index contributed by atoms with van der Waals surface area (Å²) in [6, 6.07) is 7.51. The van der Waals surface area contributed by atoms with E-state index in [-0.39, 0.29) is 17.9 Å². The average Bonchev–Trinajstić information content (AvgIpc) is 3.02. The van der Waals surface area contributed by atoms with Gasteiger partial charge in [0.25, 0.3) is 0 Å². The van der Waals surface area contributed by atoms with Crippen molar-refractivity contribution < 1.29 is 14.3 Å². The van der Waals surface area contributed by atoms with Gasteiger partial charge in [-0.2, -0.15) is 0 Å². The molecule has 1 aliphatic heterocycles. The van der Waals surface area contributed by atoms with Crippen LogP contribution < -0.4 is 4.74 Å². The Morgan fingerprint density at radius 3 is 2.74 bits per heavy atom. The van der Waals surface area contributed by atoms with E-state index in [1.54, 1.807) is 23.9 Å². The Kier molecular flexibility index (Phi) is 6.02. The van der Waals surface area contributed by atoms with Gasteiger partial charge < -0.3 is 14.5 Å². The zero-order valence-electron chi connectivity index (χ0n) is 14.2. The van der Waals surface area contributed by atoms with Gasteiger partial charge in [-0.05, 0) is 37.8 Å². The number of likely N-dealkylation sites (tertiary alicyclic amines) is 1. The van der Waals surface area contributed by atoms with Crippen molar-refractivity contribution in [3.63, 3.8) is 0 Å². The number of rotatable bonds is 6. The third kappa shape index (κ3) is 4.24. The van der Waals surface area contributed by atoms with Gasteiger partial charge in [0, 0.05) is 27.1 Å². The van der Waals surface area contributed by atoms with Crippen molar-refractivity contribution >= 4 is 11.8 Å². The number of ether oxygens (including phenoxy) is 1. The van der Waals surface area contributed by atoms with E-state index in [4.69, 9.17) is 4.74 Å². The Morgan fingerprint density at radius 1 is 1.30 bits per heavy atom. The fourth-order valence-electron chi connectivity index (χ4n) is 3.01. The van der Waals surface area contributed by atoms with E-state index in [2.05, 4.69) is 0 Å². The van der Waals surface area contributed by atoms with E-state index >= 15 is 0 Å². The van der Waals surface area contributed by atoms with Gasteiger partial charge in [-0.25, -0.2) is 0 Å². The summed E-state index contributed by atoms with van der Waals surface area (Å²) in [4.78, 5) is 28.0. The van der Waals surface area contributed by atoms with Gasteiger partial charge in [0.1, 0.15) is 11.8 Å². The fourth-order valence-corrected chi connectivity index (χ4v) is 3.01. The first-order valence-electron chi connectivity index (χ1n) is 8.26. The quantitative estimate of drug-likeness (QED) is 0.807. The Morgan fingerprint density at radius 2 is 2.04 bits per heavy atom. The van der Waals surface area contributed by atoms with Gasteiger partial charge in [-0.15, -0.1) is 0 Å². The molecule has 5 heteroatoms. The number of amides is 2. The van der Waals surface area contributed by atoms with Crippen molar-refractivity contribution in [2.75, 3.05) is 27.2 Å². The maximum Gasteiger partial charge on any atom is 0.244 e. The summed E-state index contributed by atoms with van der Waals surface area (Å²) in [7, 11) is 3.48. The predicted molar refractivity (Wildman–Crippen MR) is 89.4 cm³/mol. The summed E-state index contributed by atoms with van der Waals surface area (Å²) >= 11 is 0. The molecule has 2 amide bonds. The van der Waals surface area contributed by atoms with Crippen LogP contribution in [0.1, 0.15) is 31.7 Å². The monoisotopic (exact) mass is 318 g/mol. The molecular formula is C18H26N2O3. The van der Waals surface area contributed by atoms with Crippen LogP contribution in [0, 0.1) is 0 Å². The highest BCUT2D eigenvalue weighted by atomic mass is 16.5. The molecule has 1 aromatic rings. The van der Waals surface area contributed by atoms with Gasteiger partial charge >= 0.3 is 0 Å².